The van der Waals surface area contributed by atoms with E-state index in [1.807, 2.05) is 30.3 Å². The molecule has 0 aliphatic carbocycles. The maximum atomic E-state index is 11.3. The lowest BCUT2D eigenvalue weighted by atomic mass is 10.1. The standard InChI is InChI=1S/C15H13NO5/c1-9-13(21-8-10-5-3-2-4-6-10)12(15(19)20)11(7-16-9)14(17)18/h2-7H,8H2,1H3,(H,17,18)(H,19,20). The third kappa shape index (κ3) is 3.17. The van der Waals surface area contributed by atoms with Crippen molar-refractivity contribution in [3.05, 3.63) is 58.9 Å². The Morgan fingerprint density at radius 3 is 2.38 bits per heavy atom. The van der Waals surface area contributed by atoms with Crippen LogP contribution < -0.4 is 4.74 Å². The highest BCUT2D eigenvalue weighted by molar-refractivity contribution is 6.03. The van der Waals surface area contributed by atoms with Crippen molar-refractivity contribution in [2.24, 2.45) is 0 Å². The Hall–Kier alpha value is -2.89. The number of pyridine rings is 1. The Bertz CT molecular complexity index is 682. The number of hydrogen-bond donors (Lipinski definition) is 2. The van der Waals surface area contributed by atoms with Crippen molar-refractivity contribution in [1.29, 1.82) is 0 Å². The molecule has 6 nitrogen and oxygen atoms in total. The predicted molar refractivity (Wildman–Crippen MR) is 73.7 cm³/mol. The molecular weight excluding hydrogens is 274 g/mol. The summed E-state index contributed by atoms with van der Waals surface area (Å²) in [5.41, 5.74) is 0.393. The second-order valence-electron chi connectivity index (χ2n) is 4.35. The van der Waals surface area contributed by atoms with Crippen LogP contribution in [0.15, 0.2) is 36.5 Å². The van der Waals surface area contributed by atoms with Crippen molar-refractivity contribution in [3.8, 4) is 5.75 Å². The Morgan fingerprint density at radius 2 is 1.81 bits per heavy atom. The molecule has 0 unspecified atom stereocenters. The van der Waals surface area contributed by atoms with Gasteiger partial charge in [-0.1, -0.05) is 30.3 Å². The van der Waals surface area contributed by atoms with Gasteiger partial charge in [-0.15, -0.1) is 0 Å². The van der Waals surface area contributed by atoms with Crippen LogP contribution in [-0.4, -0.2) is 27.1 Å². The number of nitrogens with zero attached hydrogens (tertiary/aromatic N) is 1. The van der Waals surface area contributed by atoms with Crippen LogP contribution in [0.4, 0.5) is 0 Å². The SMILES string of the molecule is Cc1ncc(C(=O)O)c(C(=O)O)c1OCc1ccccc1. The molecular formula is C15H13NO5. The van der Waals surface area contributed by atoms with E-state index < -0.39 is 17.5 Å². The molecule has 2 N–H and O–H groups in total. The van der Waals surface area contributed by atoms with Crippen molar-refractivity contribution in [1.82, 2.24) is 4.98 Å². The van der Waals surface area contributed by atoms with Crippen LogP contribution in [-0.2, 0) is 6.61 Å². The highest BCUT2D eigenvalue weighted by Crippen LogP contribution is 2.26. The zero-order chi connectivity index (χ0) is 15.4. The zero-order valence-electron chi connectivity index (χ0n) is 11.2. The van der Waals surface area contributed by atoms with Crippen LogP contribution in [0.3, 0.4) is 0 Å². The van der Waals surface area contributed by atoms with Crippen molar-refractivity contribution < 1.29 is 24.5 Å². The minimum absolute atomic E-state index is 0.0220. The second-order valence-corrected chi connectivity index (χ2v) is 4.35. The Morgan fingerprint density at radius 1 is 1.14 bits per heavy atom. The zero-order valence-corrected chi connectivity index (χ0v) is 11.2. The summed E-state index contributed by atoms with van der Waals surface area (Å²) < 4.78 is 5.50. The first-order valence-electron chi connectivity index (χ1n) is 6.13. The number of carboxylic acid groups (broad SMARTS) is 2. The lowest BCUT2D eigenvalue weighted by molar-refractivity contribution is 0.0646. The van der Waals surface area contributed by atoms with Crippen LogP contribution in [0.5, 0.6) is 5.75 Å². The summed E-state index contributed by atoms with van der Waals surface area (Å²) in [5, 5.41) is 18.3. The summed E-state index contributed by atoms with van der Waals surface area (Å²) in [6.45, 7) is 1.70. The molecule has 2 rings (SSSR count). The molecule has 0 bridgehead atoms. The quantitative estimate of drug-likeness (QED) is 0.876. The Balaban J connectivity index is 2.40. The third-order valence-electron chi connectivity index (χ3n) is 2.88. The molecule has 108 valence electrons. The predicted octanol–water partition coefficient (Wildman–Crippen LogP) is 2.37. The lowest BCUT2D eigenvalue weighted by Gasteiger charge is -2.13. The van der Waals surface area contributed by atoms with Crippen molar-refractivity contribution >= 4 is 11.9 Å². The van der Waals surface area contributed by atoms with E-state index in [0.717, 1.165) is 11.8 Å². The van der Waals surface area contributed by atoms with E-state index in [1.54, 1.807) is 6.92 Å². The highest BCUT2D eigenvalue weighted by atomic mass is 16.5. The lowest BCUT2D eigenvalue weighted by Crippen LogP contribution is -2.13. The van der Waals surface area contributed by atoms with E-state index in [4.69, 9.17) is 9.84 Å². The summed E-state index contributed by atoms with van der Waals surface area (Å²) in [6.07, 6.45) is 1.02. The summed E-state index contributed by atoms with van der Waals surface area (Å²) in [4.78, 5) is 26.3. The summed E-state index contributed by atoms with van der Waals surface area (Å²) in [7, 11) is 0. The molecule has 21 heavy (non-hydrogen) atoms. The number of ether oxygens (including phenoxy) is 1. The van der Waals surface area contributed by atoms with E-state index in [1.165, 1.54) is 0 Å². The number of aromatic nitrogens is 1. The molecule has 6 heteroatoms. The maximum Gasteiger partial charge on any atom is 0.340 e. The summed E-state index contributed by atoms with van der Waals surface area (Å²) >= 11 is 0. The topological polar surface area (TPSA) is 96.7 Å². The van der Waals surface area contributed by atoms with Crippen LogP contribution >= 0.6 is 0 Å². The molecule has 0 aliphatic rings. The van der Waals surface area contributed by atoms with Crippen LogP contribution in [0.2, 0.25) is 0 Å². The Kier molecular flexibility index (Phi) is 4.18. The van der Waals surface area contributed by atoms with Crippen molar-refractivity contribution in [2.75, 3.05) is 0 Å². The fraction of sp³-hybridized carbons (Fsp3) is 0.133. The highest BCUT2D eigenvalue weighted by Gasteiger charge is 2.24. The van der Waals surface area contributed by atoms with Gasteiger partial charge in [0.1, 0.15) is 12.2 Å². The fourth-order valence-electron chi connectivity index (χ4n) is 1.87. The van der Waals surface area contributed by atoms with E-state index in [-0.39, 0.29) is 17.9 Å². The van der Waals surface area contributed by atoms with Gasteiger partial charge in [-0.25, -0.2) is 9.59 Å². The van der Waals surface area contributed by atoms with Gasteiger partial charge in [0.05, 0.1) is 11.3 Å². The van der Waals surface area contributed by atoms with Gasteiger partial charge in [0.15, 0.2) is 5.75 Å². The first kappa shape index (κ1) is 14.5. The number of rotatable bonds is 5. The van der Waals surface area contributed by atoms with E-state index in [9.17, 15) is 14.7 Å². The van der Waals surface area contributed by atoms with Gasteiger partial charge >= 0.3 is 11.9 Å². The molecule has 0 aliphatic heterocycles. The van der Waals surface area contributed by atoms with Gasteiger partial charge in [0, 0.05) is 6.20 Å². The van der Waals surface area contributed by atoms with Crippen LogP contribution in [0.25, 0.3) is 0 Å². The molecule has 1 aromatic carbocycles. The molecule has 0 atom stereocenters. The number of aromatic carboxylic acids is 2. The number of carboxylic acids is 2. The minimum atomic E-state index is -1.36. The molecule has 0 fully saturated rings. The number of aryl methyl sites for hydroxylation is 1. The number of benzene rings is 1. The number of carbonyl (C=O) groups is 2. The van der Waals surface area contributed by atoms with Gasteiger partial charge in [0.25, 0.3) is 0 Å². The molecule has 1 aromatic heterocycles. The molecule has 0 saturated heterocycles. The molecule has 2 aromatic rings. The molecule has 0 saturated carbocycles. The van der Waals surface area contributed by atoms with Gasteiger partial charge in [-0.2, -0.15) is 0 Å². The normalized spacial score (nSPS) is 10.1. The van der Waals surface area contributed by atoms with Crippen molar-refractivity contribution in [2.45, 2.75) is 13.5 Å². The van der Waals surface area contributed by atoms with Gasteiger partial charge < -0.3 is 14.9 Å². The fourth-order valence-corrected chi connectivity index (χ4v) is 1.87. The van der Waals surface area contributed by atoms with E-state index >= 15 is 0 Å². The third-order valence-corrected chi connectivity index (χ3v) is 2.88. The second kappa shape index (κ2) is 6.04. The maximum absolute atomic E-state index is 11.3. The van der Waals surface area contributed by atoms with Crippen LogP contribution in [0.1, 0.15) is 32.0 Å². The number of hydrogen-bond acceptors (Lipinski definition) is 4. The molecule has 0 radical (unpaired) electrons. The van der Waals surface area contributed by atoms with Crippen LogP contribution in [0, 0.1) is 6.92 Å². The largest absolute Gasteiger partial charge is 0.486 e. The van der Waals surface area contributed by atoms with E-state index in [2.05, 4.69) is 4.98 Å². The summed E-state index contributed by atoms with van der Waals surface area (Å²) in [6, 6.07) is 9.16. The monoisotopic (exact) mass is 287 g/mol. The Labute approximate surface area is 120 Å². The molecule has 1 heterocycles. The van der Waals surface area contributed by atoms with E-state index in [0.29, 0.717) is 5.69 Å². The smallest absolute Gasteiger partial charge is 0.340 e. The average molecular weight is 287 g/mol. The van der Waals surface area contributed by atoms with Gasteiger partial charge in [-0.05, 0) is 12.5 Å². The summed E-state index contributed by atoms with van der Waals surface area (Å²) in [5.74, 6) is -2.74. The van der Waals surface area contributed by atoms with Gasteiger partial charge in [-0.3, -0.25) is 4.98 Å². The van der Waals surface area contributed by atoms with Crippen molar-refractivity contribution in [3.63, 3.8) is 0 Å². The first-order valence-corrected chi connectivity index (χ1v) is 6.13. The minimum Gasteiger partial charge on any atom is -0.486 e. The molecule has 0 spiro atoms. The molecule has 0 amide bonds. The van der Waals surface area contributed by atoms with Gasteiger partial charge in [0.2, 0.25) is 0 Å². The first-order chi connectivity index (χ1) is 10.0. The average Bonchev–Trinajstić information content (AvgIpc) is 2.46.